The van der Waals surface area contributed by atoms with Crippen LogP contribution in [0, 0.1) is 5.92 Å². The molecular formula is C14H18O5. The second-order valence-electron chi connectivity index (χ2n) is 4.87. The van der Waals surface area contributed by atoms with E-state index in [1.54, 1.807) is 0 Å². The first-order valence-corrected chi connectivity index (χ1v) is 6.32. The summed E-state index contributed by atoms with van der Waals surface area (Å²) in [6.07, 6.45) is 2.33. The Morgan fingerprint density at radius 1 is 1.37 bits per heavy atom. The van der Waals surface area contributed by atoms with E-state index in [2.05, 4.69) is 0 Å². The molecule has 0 aromatic heterocycles. The lowest BCUT2D eigenvalue weighted by atomic mass is 9.87. The summed E-state index contributed by atoms with van der Waals surface area (Å²) in [5, 5.41) is 28.9. The number of aromatic hydroxyl groups is 2. The van der Waals surface area contributed by atoms with Crippen LogP contribution in [0.5, 0.6) is 11.5 Å². The first-order valence-electron chi connectivity index (χ1n) is 6.32. The van der Waals surface area contributed by atoms with Gasteiger partial charge in [0, 0.05) is 17.0 Å². The lowest BCUT2D eigenvalue weighted by Gasteiger charge is -2.20. The van der Waals surface area contributed by atoms with Gasteiger partial charge in [-0.05, 0) is 25.0 Å². The van der Waals surface area contributed by atoms with Crippen LogP contribution in [0.1, 0.15) is 36.3 Å². The number of ether oxygens (including phenoxy) is 1. The van der Waals surface area contributed by atoms with Crippen molar-refractivity contribution >= 4 is 5.97 Å². The monoisotopic (exact) mass is 266 g/mol. The molecule has 1 saturated carbocycles. The van der Waals surface area contributed by atoms with Gasteiger partial charge in [0.05, 0.1) is 19.6 Å². The van der Waals surface area contributed by atoms with Crippen molar-refractivity contribution in [2.24, 2.45) is 5.92 Å². The van der Waals surface area contributed by atoms with Gasteiger partial charge in [-0.15, -0.1) is 0 Å². The number of methoxy groups -OCH3 is 1. The number of benzene rings is 1. The van der Waals surface area contributed by atoms with Gasteiger partial charge in [0.1, 0.15) is 11.5 Å². The van der Waals surface area contributed by atoms with Gasteiger partial charge in [0.2, 0.25) is 0 Å². The fourth-order valence-corrected chi connectivity index (χ4v) is 2.87. The van der Waals surface area contributed by atoms with E-state index < -0.39 is 0 Å². The van der Waals surface area contributed by atoms with Gasteiger partial charge >= 0.3 is 5.97 Å². The van der Waals surface area contributed by atoms with Crippen molar-refractivity contribution < 1.29 is 24.9 Å². The Balaban J connectivity index is 2.40. The molecule has 0 unspecified atom stereocenters. The number of aliphatic hydroxyl groups excluding tert-OH is 1. The molecule has 104 valence electrons. The molecule has 1 aliphatic carbocycles. The highest BCUT2D eigenvalue weighted by molar-refractivity contribution is 5.74. The van der Waals surface area contributed by atoms with E-state index in [9.17, 15) is 15.0 Å². The SMILES string of the molecule is COC(=O)[C@H]1CCC[C@H]1c1cc(O)cc(CO)c1O. The van der Waals surface area contributed by atoms with E-state index in [0.717, 1.165) is 12.8 Å². The van der Waals surface area contributed by atoms with Gasteiger partial charge < -0.3 is 20.1 Å². The van der Waals surface area contributed by atoms with E-state index in [1.165, 1.54) is 19.2 Å². The van der Waals surface area contributed by atoms with E-state index in [1.807, 2.05) is 0 Å². The molecule has 0 aliphatic heterocycles. The predicted molar refractivity (Wildman–Crippen MR) is 67.8 cm³/mol. The summed E-state index contributed by atoms with van der Waals surface area (Å²) in [5.41, 5.74) is 0.780. The molecule has 0 bridgehead atoms. The summed E-state index contributed by atoms with van der Waals surface area (Å²) in [4.78, 5) is 11.7. The van der Waals surface area contributed by atoms with Gasteiger partial charge in [0.15, 0.2) is 0 Å². The molecule has 2 atom stereocenters. The van der Waals surface area contributed by atoms with Crippen LogP contribution >= 0.6 is 0 Å². The third kappa shape index (κ3) is 2.51. The predicted octanol–water partition coefficient (Wildman–Crippen LogP) is 1.65. The molecule has 1 fully saturated rings. The van der Waals surface area contributed by atoms with Crippen molar-refractivity contribution in [1.82, 2.24) is 0 Å². The van der Waals surface area contributed by atoms with Crippen molar-refractivity contribution in [2.45, 2.75) is 31.8 Å². The number of hydrogen-bond acceptors (Lipinski definition) is 5. The molecule has 1 aromatic rings. The normalized spacial score (nSPS) is 22.4. The molecule has 5 heteroatoms. The molecule has 0 saturated heterocycles. The minimum Gasteiger partial charge on any atom is -0.508 e. The smallest absolute Gasteiger partial charge is 0.309 e. The van der Waals surface area contributed by atoms with Gasteiger partial charge in [-0.2, -0.15) is 0 Å². The summed E-state index contributed by atoms with van der Waals surface area (Å²) < 4.78 is 4.78. The Hall–Kier alpha value is -1.75. The first kappa shape index (κ1) is 13.7. The number of hydrogen-bond donors (Lipinski definition) is 3. The summed E-state index contributed by atoms with van der Waals surface area (Å²) in [6.45, 7) is -0.358. The highest BCUT2D eigenvalue weighted by atomic mass is 16.5. The fraction of sp³-hybridized carbons (Fsp3) is 0.500. The molecule has 0 radical (unpaired) electrons. The lowest BCUT2D eigenvalue weighted by molar-refractivity contribution is -0.145. The quantitative estimate of drug-likeness (QED) is 0.572. The maximum absolute atomic E-state index is 11.7. The third-order valence-electron chi connectivity index (χ3n) is 3.79. The van der Waals surface area contributed by atoms with Crippen LogP contribution in [0.4, 0.5) is 0 Å². The number of esters is 1. The second kappa shape index (κ2) is 5.48. The zero-order valence-electron chi connectivity index (χ0n) is 10.8. The maximum Gasteiger partial charge on any atom is 0.309 e. The van der Waals surface area contributed by atoms with Crippen LogP contribution in [0.25, 0.3) is 0 Å². The van der Waals surface area contributed by atoms with E-state index in [0.29, 0.717) is 12.0 Å². The van der Waals surface area contributed by atoms with Crippen molar-refractivity contribution in [1.29, 1.82) is 0 Å². The topological polar surface area (TPSA) is 87.0 Å². The van der Waals surface area contributed by atoms with Crippen LogP contribution < -0.4 is 0 Å². The summed E-state index contributed by atoms with van der Waals surface area (Å²) >= 11 is 0. The average Bonchev–Trinajstić information content (AvgIpc) is 2.89. The van der Waals surface area contributed by atoms with E-state index >= 15 is 0 Å². The van der Waals surface area contributed by atoms with Gasteiger partial charge in [-0.3, -0.25) is 4.79 Å². The molecule has 19 heavy (non-hydrogen) atoms. The number of phenolic OH excluding ortho intramolecular Hbond substituents is 1. The molecule has 2 rings (SSSR count). The van der Waals surface area contributed by atoms with Crippen LogP contribution in [-0.2, 0) is 16.1 Å². The summed E-state index contributed by atoms with van der Waals surface area (Å²) in [5.74, 6) is -0.835. The average molecular weight is 266 g/mol. The molecule has 5 nitrogen and oxygen atoms in total. The highest BCUT2D eigenvalue weighted by Crippen LogP contribution is 2.45. The Morgan fingerprint density at radius 3 is 2.74 bits per heavy atom. The second-order valence-corrected chi connectivity index (χ2v) is 4.87. The molecule has 1 aliphatic rings. The van der Waals surface area contributed by atoms with Crippen LogP contribution in [-0.4, -0.2) is 28.4 Å². The van der Waals surface area contributed by atoms with E-state index in [-0.39, 0.29) is 41.5 Å². The van der Waals surface area contributed by atoms with Crippen molar-refractivity contribution in [3.63, 3.8) is 0 Å². The molecular weight excluding hydrogens is 248 g/mol. The Labute approximate surface area is 111 Å². The van der Waals surface area contributed by atoms with Crippen molar-refractivity contribution in [3.8, 4) is 11.5 Å². The first-order chi connectivity index (χ1) is 9.08. The van der Waals surface area contributed by atoms with Crippen LogP contribution in [0.15, 0.2) is 12.1 Å². The third-order valence-corrected chi connectivity index (χ3v) is 3.79. The molecule has 0 spiro atoms. The zero-order chi connectivity index (χ0) is 14.0. The van der Waals surface area contributed by atoms with Gasteiger partial charge in [-0.25, -0.2) is 0 Å². The standard InChI is InChI=1S/C14H18O5/c1-19-14(18)11-4-2-3-10(11)12-6-9(16)5-8(7-15)13(12)17/h5-6,10-11,15-17H,2-4,7H2,1H3/t10-,11+/m1/s1. The van der Waals surface area contributed by atoms with Gasteiger partial charge in [-0.1, -0.05) is 6.42 Å². The van der Waals surface area contributed by atoms with Crippen molar-refractivity contribution in [2.75, 3.05) is 7.11 Å². The molecule has 1 aromatic carbocycles. The molecule has 0 amide bonds. The van der Waals surface area contributed by atoms with Gasteiger partial charge in [0.25, 0.3) is 0 Å². The number of carbonyl (C=O) groups excluding carboxylic acids is 1. The Morgan fingerprint density at radius 2 is 2.11 bits per heavy atom. The summed E-state index contributed by atoms with van der Waals surface area (Å²) in [7, 11) is 1.35. The minimum absolute atomic E-state index is 0.0210. The molecule has 3 N–H and O–H groups in total. The lowest BCUT2D eigenvalue weighted by Crippen LogP contribution is -2.19. The number of rotatable bonds is 3. The number of carbonyl (C=O) groups is 1. The number of phenols is 2. The van der Waals surface area contributed by atoms with Crippen LogP contribution in [0.2, 0.25) is 0 Å². The Bertz CT molecular complexity index is 483. The zero-order valence-corrected chi connectivity index (χ0v) is 10.8. The maximum atomic E-state index is 11.7. The minimum atomic E-state index is -0.358. The molecule has 0 heterocycles. The highest BCUT2D eigenvalue weighted by Gasteiger charge is 2.36. The fourth-order valence-electron chi connectivity index (χ4n) is 2.87. The number of aliphatic hydroxyl groups is 1. The van der Waals surface area contributed by atoms with E-state index in [4.69, 9.17) is 9.84 Å². The largest absolute Gasteiger partial charge is 0.508 e. The Kier molecular flexibility index (Phi) is 3.95. The summed E-state index contributed by atoms with van der Waals surface area (Å²) in [6, 6.07) is 2.78. The van der Waals surface area contributed by atoms with Crippen LogP contribution in [0.3, 0.4) is 0 Å². The van der Waals surface area contributed by atoms with Crippen molar-refractivity contribution in [3.05, 3.63) is 23.3 Å².